The predicted octanol–water partition coefficient (Wildman–Crippen LogP) is 3.91. The Morgan fingerprint density at radius 1 is 1.22 bits per heavy atom. The molecular weight excluding hydrogens is 224 g/mol. The molecule has 0 atom stereocenters. The van der Waals surface area contributed by atoms with Crippen molar-refractivity contribution in [2.24, 2.45) is 5.41 Å². The first kappa shape index (κ1) is 14.7. The topological polar surface area (TPSA) is 26.3 Å². The zero-order valence-electron chi connectivity index (χ0n) is 12.0. The van der Waals surface area contributed by atoms with Gasteiger partial charge in [-0.15, -0.1) is 0 Å². The van der Waals surface area contributed by atoms with E-state index in [1.807, 2.05) is 6.92 Å². The van der Waals surface area contributed by atoms with Crippen LogP contribution in [0.2, 0.25) is 0 Å². The Hall–Kier alpha value is -1.31. The summed E-state index contributed by atoms with van der Waals surface area (Å²) in [5.41, 5.74) is 2.61. The molecule has 0 saturated carbocycles. The van der Waals surface area contributed by atoms with E-state index >= 15 is 0 Å². The average Bonchev–Trinajstić information content (AvgIpc) is 2.28. The maximum Gasteiger partial charge on any atom is 0.306 e. The first-order chi connectivity index (χ1) is 8.43. The molecule has 0 aliphatic carbocycles. The number of hydrogen-bond acceptors (Lipinski definition) is 2. The van der Waals surface area contributed by atoms with Gasteiger partial charge in [0, 0.05) is 0 Å². The second-order valence-corrected chi connectivity index (χ2v) is 5.63. The van der Waals surface area contributed by atoms with Crippen molar-refractivity contribution in [3.05, 3.63) is 35.4 Å². The van der Waals surface area contributed by atoms with Gasteiger partial charge in [0.25, 0.3) is 0 Å². The molecule has 18 heavy (non-hydrogen) atoms. The largest absolute Gasteiger partial charge is 0.466 e. The van der Waals surface area contributed by atoms with Crippen LogP contribution in [0.15, 0.2) is 24.3 Å². The van der Waals surface area contributed by atoms with E-state index in [4.69, 9.17) is 4.74 Å². The van der Waals surface area contributed by atoms with E-state index in [1.54, 1.807) is 0 Å². The second-order valence-electron chi connectivity index (χ2n) is 5.63. The molecule has 0 radical (unpaired) electrons. The van der Waals surface area contributed by atoms with E-state index in [-0.39, 0.29) is 11.4 Å². The Morgan fingerprint density at radius 3 is 2.39 bits per heavy atom. The molecule has 0 aliphatic heterocycles. The molecule has 0 N–H and O–H groups in total. The molecule has 0 unspecified atom stereocenters. The Morgan fingerprint density at radius 2 is 1.83 bits per heavy atom. The summed E-state index contributed by atoms with van der Waals surface area (Å²) in [4.78, 5) is 11.5. The monoisotopic (exact) mass is 248 g/mol. The summed E-state index contributed by atoms with van der Waals surface area (Å²) >= 11 is 0. The number of benzene rings is 1. The van der Waals surface area contributed by atoms with E-state index in [2.05, 4.69) is 45.0 Å². The fourth-order valence-electron chi connectivity index (χ4n) is 1.93. The van der Waals surface area contributed by atoms with Crippen LogP contribution in [-0.4, -0.2) is 12.6 Å². The van der Waals surface area contributed by atoms with Gasteiger partial charge in [0.15, 0.2) is 0 Å². The van der Waals surface area contributed by atoms with Gasteiger partial charge in [-0.25, -0.2) is 0 Å². The summed E-state index contributed by atoms with van der Waals surface area (Å²) in [6.07, 6.45) is 2.49. The van der Waals surface area contributed by atoms with Crippen LogP contribution in [0.25, 0.3) is 0 Å². The smallest absolute Gasteiger partial charge is 0.306 e. The fraction of sp³-hybridized carbons (Fsp3) is 0.562. The maximum absolute atomic E-state index is 11.5. The normalized spacial score (nSPS) is 11.3. The zero-order valence-corrected chi connectivity index (χ0v) is 12.0. The zero-order chi connectivity index (χ0) is 13.6. The molecule has 0 aliphatic rings. The van der Waals surface area contributed by atoms with Crippen molar-refractivity contribution in [1.29, 1.82) is 0 Å². The minimum atomic E-state index is -0.0913. The van der Waals surface area contributed by atoms with Gasteiger partial charge >= 0.3 is 5.97 Å². The van der Waals surface area contributed by atoms with Crippen molar-refractivity contribution in [2.45, 2.75) is 47.0 Å². The molecule has 0 aromatic heterocycles. The van der Waals surface area contributed by atoms with Crippen molar-refractivity contribution in [1.82, 2.24) is 0 Å². The molecule has 100 valence electrons. The van der Waals surface area contributed by atoms with Crippen LogP contribution in [0, 0.1) is 12.3 Å². The lowest BCUT2D eigenvalue weighted by atomic mass is 9.83. The lowest BCUT2D eigenvalue weighted by molar-refractivity contribution is -0.145. The minimum Gasteiger partial charge on any atom is -0.466 e. The standard InChI is InChI=1S/C16H24O2/c1-5-18-15(17)12-16(3,4)11-10-14-8-6-13(2)7-9-14/h6-9H,5,10-12H2,1-4H3. The molecule has 1 rings (SSSR count). The van der Waals surface area contributed by atoms with E-state index in [0.717, 1.165) is 12.8 Å². The first-order valence-corrected chi connectivity index (χ1v) is 6.64. The van der Waals surface area contributed by atoms with Crippen LogP contribution < -0.4 is 0 Å². The highest BCUT2D eigenvalue weighted by atomic mass is 16.5. The van der Waals surface area contributed by atoms with Gasteiger partial charge in [-0.2, -0.15) is 0 Å². The highest BCUT2D eigenvalue weighted by Gasteiger charge is 2.22. The Labute approximate surface area is 110 Å². The highest BCUT2D eigenvalue weighted by Crippen LogP contribution is 2.27. The maximum atomic E-state index is 11.5. The fourth-order valence-corrected chi connectivity index (χ4v) is 1.93. The summed E-state index contributed by atoms with van der Waals surface area (Å²) in [5.74, 6) is -0.0913. The molecule has 0 heterocycles. The molecule has 0 spiro atoms. The van der Waals surface area contributed by atoms with Gasteiger partial charge in [0.05, 0.1) is 13.0 Å². The van der Waals surface area contributed by atoms with Crippen LogP contribution in [0.5, 0.6) is 0 Å². The van der Waals surface area contributed by atoms with Crippen molar-refractivity contribution < 1.29 is 9.53 Å². The van der Waals surface area contributed by atoms with Crippen LogP contribution in [0.1, 0.15) is 44.7 Å². The Bertz CT molecular complexity index is 377. The summed E-state index contributed by atoms with van der Waals surface area (Å²) < 4.78 is 5.01. The van der Waals surface area contributed by atoms with E-state index < -0.39 is 0 Å². The lowest BCUT2D eigenvalue weighted by Gasteiger charge is -2.23. The van der Waals surface area contributed by atoms with Gasteiger partial charge in [0.1, 0.15) is 0 Å². The van der Waals surface area contributed by atoms with Gasteiger partial charge in [-0.05, 0) is 37.7 Å². The van der Waals surface area contributed by atoms with E-state index in [1.165, 1.54) is 11.1 Å². The molecule has 0 saturated heterocycles. The predicted molar refractivity (Wildman–Crippen MR) is 74.5 cm³/mol. The van der Waals surface area contributed by atoms with Crippen molar-refractivity contribution in [3.63, 3.8) is 0 Å². The number of esters is 1. The SMILES string of the molecule is CCOC(=O)CC(C)(C)CCc1ccc(C)cc1. The second kappa shape index (κ2) is 6.58. The molecule has 2 heteroatoms. The third kappa shape index (κ3) is 5.35. The van der Waals surface area contributed by atoms with Crippen LogP contribution >= 0.6 is 0 Å². The van der Waals surface area contributed by atoms with Crippen molar-refractivity contribution in [2.75, 3.05) is 6.61 Å². The molecule has 0 fully saturated rings. The van der Waals surface area contributed by atoms with Gasteiger partial charge < -0.3 is 4.74 Å². The van der Waals surface area contributed by atoms with Gasteiger partial charge in [0.2, 0.25) is 0 Å². The minimum absolute atomic E-state index is 0.00284. The van der Waals surface area contributed by atoms with Crippen molar-refractivity contribution in [3.8, 4) is 0 Å². The summed E-state index contributed by atoms with van der Waals surface area (Å²) in [5, 5.41) is 0. The van der Waals surface area contributed by atoms with E-state index in [9.17, 15) is 4.79 Å². The molecule has 0 bridgehead atoms. The molecule has 1 aromatic carbocycles. The van der Waals surface area contributed by atoms with E-state index in [0.29, 0.717) is 13.0 Å². The summed E-state index contributed by atoms with van der Waals surface area (Å²) in [6.45, 7) is 8.65. The average molecular weight is 248 g/mol. The summed E-state index contributed by atoms with van der Waals surface area (Å²) in [7, 11) is 0. The number of carbonyl (C=O) groups is 1. The third-order valence-electron chi connectivity index (χ3n) is 3.14. The lowest BCUT2D eigenvalue weighted by Crippen LogP contribution is -2.19. The number of rotatable bonds is 6. The number of hydrogen-bond donors (Lipinski definition) is 0. The Kier molecular flexibility index (Phi) is 5.39. The number of carbonyl (C=O) groups excluding carboxylic acids is 1. The number of aryl methyl sites for hydroxylation is 2. The third-order valence-corrected chi connectivity index (χ3v) is 3.14. The number of ether oxygens (including phenoxy) is 1. The summed E-state index contributed by atoms with van der Waals surface area (Å²) in [6, 6.07) is 8.59. The molecule has 2 nitrogen and oxygen atoms in total. The molecule has 0 amide bonds. The van der Waals surface area contributed by atoms with Crippen molar-refractivity contribution >= 4 is 5.97 Å². The molecular formula is C16H24O2. The van der Waals surface area contributed by atoms with Crippen LogP contribution in [0.4, 0.5) is 0 Å². The van der Waals surface area contributed by atoms with Crippen LogP contribution in [0.3, 0.4) is 0 Å². The first-order valence-electron chi connectivity index (χ1n) is 6.64. The van der Waals surface area contributed by atoms with Gasteiger partial charge in [-0.3, -0.25) is 4.79 Å². The van der Waals surface area contributed by atoms with Gasteiger partial charge in [-0.1, -0.05) is 43.7 Å². The van der Waals surface area contributed by atoms with Crippen LogP contribution in [-0.2, 0) is 16.0 Å². The quantitative estimate of drug-likeness (QED) is 0.713. The highest BCUT2D eigenvalue weighted by molar-refractivity contribution is 5.70. The molecule has 1 aromatic rings. The Balaban J connectivity index is 2.45.